The van der Waals surface area contributed by atoms with Crippen molar-refractivity contribution in [2.45, 2.75) is 39.2 Å². The summed E-state index contributed by atoms with van der Waals surface area (Å²) in [6.07, 6.45) is 1.25. The van der Waals surface area contributed by atoms with Crippen molar-refractivity contribution in [2.24, 2.45) is 5.41 Å². The fourth-order valence-corrected chi connectivity index (χ4v) is 5.03. The zero-order valence-electron chi connectivity index (χ0n) is 11.2. The molecule has 1 spiro atoms. The lowest BCUT2D eigenvalue weighted by atomic mass is 9.81. The summed E-state index contributed by atoms with van der Waals surface area (Å²) in [6, 6.07) is 0. The fraction of sp³-hybridized carbons (Fsp3) is 0.917. The van der Waals surface area contributed by atoms with Crippen molar-refractivity contribution in [2.75, 3.05) is 24.6 Å². The Balaban J connectivity index is 1.86. The standard InChI is InChI=1S/C12H21NO4S/c1-11(2,3)17-10(14)13-6-4-12(5-7-13)8-18(15,16)9-12/h4-9H2,1-3H3. The normalized spacial score (nSPS) is 25.6. The zero-order valence-corrected chi connectivity index (χ0v) is 12.0. The molecule has 2 fully saturated rings. The Morgan fingerprint density at radius 1 is 1.17 bits per heavy atom. The van der Waals surface area contributed by atoms with Gasteiger partial charge >= 0.3 is 6.09 Å². The number of likely N-dealkylation sites (tertiary alicyclic amines) is 1. The number of piperidine rings is 1. The molecule has 0 unspecified atom stereocenters. The molecule has 0 atom stereocenters. The summed E-state index contributed by atoms with van der Waals surface area (Å²) in [5, 5.41) is 0. The summed E-state index contributed by atoms with van der Waals surface area (Å²) in [6.45, 7) is 6.73. The van der Waals surface area contributed by atoms with Crippen molar-refractivity contribution < 1.29 is 17.9 Å². The monoisotopic (exact) mass is 275 g/mol. The Hall–Kier alpha value is -0.780. The summed E-state index contributed by atoms with van der Waals surface area (Å²) >= 11 is 0. The van der Waals surface area contributed by atoms with Crippen molar-refractivity contribution >= 4 is 15.9 Å². The van der Waals surface area contributed by atoms with Crippen LogP contribution in [0.25, 0.3) is 0 Å². The Labute approximate surface area is 108 Å². The maximum Gasteiger partial charge on any atom is 0.410 e. The van der Waals surface area contributed by atoms with E-state index in [1.54, 1.807) is 4.90 Å². The first-order valence-corrected chi connectivity index (χ1v) is 8.11. The van der Waals surface area contributed by atoms with Crippen LogP contribution in [-0.2, 0) is 14.6 Å². The number of amides is 1. The lowest BCUT2D eigenvalue weighted by Crippen LogP contribution is -2.55. The highest BCUT2D eigenvalue weighted by Crippen LogP contribution is 2.42. The molecule has 0 aromatic heterocycles. The third kappa shape index (κ3) is 2.96. The van der Waals surface area contributed by atoms with E-state index in [4.69, 9.17) is 4.74 Å². The Kier molecular flexibility index (Phi) is 3.12. The van der Waals surface area contributed by atoms with Crippen LogP contribution in [-0.4, -0.2) is 49.6 Å². The van der Waals surface area contributed by atoms with Crippen LogP contribution in [0.1, 0.15) is 33.6 Å². The van der Waals surface area contributed by atoms with E-state index in [1.807, 2.05) is 20.8 Å². The summed E-state index contributed by atoms with van der Waals surface area (Å²) in [5.41, 5.74) is -0.538. The van der Waals surface area contributed by atoms with Crippen molar-refractivity contribution in [1.29, 1.82) is 0 Å². The smallest absolute Gasteiger partial charge is 0.410 e. The summed E-state index contributed by atoms with van der Waals surface area (Å²) in [4.78, 5) is 13.5. The van der Waals surface area contributed by atoms with Gasteiger partial charge in [-0.25, -0.2) is 13.2 Å². The minimum atomic E-state index is -2.79. The summed E-state index contributed by atoms with van der Waals surface area (Å²) < 4.78 is 27.8. The molecule has 5 nitrogen and oxygen atoms in total. The topological polar surface area (TPSA) is 63.7 Å². The van der Waals surface area contributed by atoms with Gasteiger partial charge in [0.2, 0.25) is 0 Å². The van der Waals surface area contributed by atoms with Gasteiger partial charge in [0, 0.05) is 18.5 Å². The molecule has 0 aliphatic carbocycles. The molecular weight excluding hydrogens is 254 g/mol. The molecule has 0 N–H and O–H groups in total. The average Bonchev–Trinajstić information content (AvgIpc) is 2.12. The van der Waals surface area contributed by atoms with Crippen molar-refractivity contribution in [3.05, 3.63) is 0 Å². The van der Waals surface area contributed by atoms with E-state index in [-0.39, 0.29) is 11.5 Å². The van der Waals surface area contributed by atoms with Crippen LogP contribution >= 0.6 is 0 Å². The Morgan fingerprint density at radius 3 is 2.06 bits per heavy atom. The molecule has 6 heteroatoms. The van der Waals surface area contributed by atoms with E-state index in [1.165, 1.54) is 0 Å². The zero-order chi connectivity index (χ0) is 13.6. The van der Waals surface area contributed by atoms with E-state index in [0.29, 0.717) is 24.6 Å². The van der Waals surface area contributed by atoms with Gasteiger partial charge in [-0.3, -0.25) is 0 Å². The highest BCUT2D eigenvalue weighted by atomic mass is 32.2. The highest BCUT2D eigenvalue weighted by Gasteiger charge is 2.50. The maximum absolute atomic E-state index is 11.8. The average molecular weight is 275 g/mol. The molecule has 0 aromatic rings. The lowest BCUT2D eigenvalue weighted by molar-refractivity contribution is 0.0130. The minimum absolute atomic E-state index is 0.0582. The van der Waals surface area contributed by atoms with Gasteiger partial charge in [0.25, 0.3) is 0 Å². The number of rotatable bonds is 0. The van der Waals surface area contributed by atoms with Crippen molar-refractivity contribution in [1.82, 2.24) is 4.90 Å². The number of carbonyl (C=O) groups excluding carboxylic acids is 1. The molecule has 2 heterocycles. The third-order valence-corrected chi connectivity index (χ3v) is 5.63. The SMILES string of the molecule is CC(C)(C)OC(=O)N1CCC2(CC1)CS(=O)(=O)C2. The second kappa shape index (κ2) is 4.11. The van der Waals surface area contributed by atoms with Gasteiger partial charge in [-0.1, -0.05) is 0 Å². The molecule has 18 heavy (non-hydrogen) atoms. The minimum Gasteiger partial charge on any atom is -0.444 e. The van der Waals surface area contributed by atoms with Crippen LogP contribution < -0.4 is 0 Å². The lowest BCUT2D eigenvalue weighted by Gasteiger charge is -2.46. The molecule has 2 saturated heterocycles. The first-order valence-electron chi connectivity index (χ1n) is 6.29. The largest absolute Gasteiger partial charge is 0.444 e. The predicted molar refractivity (Wildman–Crippen MR) is 68.1 cm³/mol. The van der Waals surface area contributed by atoms with Crippen molar-refractivity contribution in [3.8, 4) is 0 Å². The molecule has 0 bridgehead atoms. The second-order valence-corrected chi connectivity index (χ2v) is 8.56. The summed E-state index contributed by atoms with van der Waals surface area (Å²) in [7, 11) is -2.79. The molecular formula is C12H21NO4S. The van der Waals surface area contributed by atoms with Gasteiger partial charge in [0.05, 0.1) is 11.5 Å². The molecule has 2 aliphatic heterocycles. The van der Waals surface area contributed by atoms with E-state index in [0.717, 1.165) is 12.8 Å². The molecule has 0 saturated carbocycles. The molecule has 0 radical (unpaired) electrons. The first kappa shape index (κ1) is 13.6. The number of nitrogens with zero attached hydrogens (tertiary/aromatic N) is 1. The molecule has 0 aromatic carbocycles. The first-order chi connectivity index (χ1) is 8.11. The number of carbonyl (C=O) groups is 1. The van der Waals surface area contributed by atoms with Gasteiger partial charge in [0.15, 0.2) is 9.84 Å². The highest BCUT2D eigenvalue weighted by molar-refractivity contribution is 7.92. The van der Waals surface area contributed by atoms with Crippen molar-refractivity contribution in [3.63, 3.8) is 0 Å². The van der Waals surface area contributed by atoms with Crippen LogP contribution in [0.2, 0.25) is 0 Å². The molecule has 2 rings (SSSR count). The van der Waals surface area contributed by atoms with E-state index >= 15 is 0 Å². The van der Waals surface area contributed by atoms with Crippen LogP contribution in [0.4, 0.5) is 4.79 Å². The Bertz CT molecular complexity index is 427. The van der Waals surface area contributed by atoms with E-state index in [2.05, 4.69) is 0 Å². The fourth-order valence-electron chi connectivity index (χ4n) is 2.67. The van der Waals surface area contributed by atoms with E-state index < -0.39 is 15.4 Å². The third-order valence-electron chi connectivity index (χ3n) is 3.53. The number of sulfone groups is 1. The quantitative estimate of drug-likeness (QED) is 0.671. The van der Waals surface area contributed by atoms with Gasteiger partial charge < -0.3 is 9.64 Å². The number of hydrogen-bond donors (Lipinski definition) is 0. The predicted octanol–water partition coefficient (Wildman–Crippen LogP) is 1.43. The summed E-state index contributed by atoms with van der Waals surface area (Å²) in [5.74, 6) is 0.588. The van der Waals surface area contributed by atoms with Crippen LogP contribution in [0.5, 0.6) is 0 Å². The number of hydrogen-bond acceptors (Lipinski definition) is 4. The van der Waals surface area contributed by atoms with Crippen LogP contribution in [0, 0.1) is 5.41 Å². The molecule has 2 aliphatic rings. The Morgan fingerprint density at radius 2 is 1.67 bits per heavy atom. The second-order valence-electron chi connectivity index (χ2n) is 6.50. The van der Waals surface area contributed by atoms with Crippen LogP contribution in [0.3, 0.4) is 0 Å². The number of ether oxygens (including phenoxy) is 1. The maximum atomic E-state index is 11.8. The van der Waals surface area contributed by atoms with Gasteiger partial charge in [-0.15, -0.1) is 0 Å². The molecule has 1 amide bonds. The van der Waals surface area contributed by atoms with Crippen LogP contribution in [0.15, 0.2) is 0 Å². The van der Waals surface area contributed by atoms with E-state index in [9.17, 15) is 13.2 Å². The van der Waals surface area contributed by atoms with Gasteiger partial charge in [-0.2, -0.15) is 0 Å². The molecule has 104 valence electrons. The van der Waals surface area contributed by atoms with Gasteiger partial charge in [0.1, 0.15) is 5.60 Å². The van der Waals surface area contributed by atoms with Gasteiger partial charge in [-0.05, 0) is 33.6 Å².